The molecule has 1 amide bonds. The first-order chi connectivity index (χ1) is 9.74. The Labute approximate surface area is 131 Å². The number of hydrazine groups is 1. The number of likely N-dealkylation sites (tertiary alicyclic amines) is 1. The van der Waals surface area contributed by atoms with E-state index in [1.165, 1.54) is 5.56 Å². The summed E-state index contributed by atoms with van der Waals surface area (Å²) in [7, 11) is 0. The van der Waals surface area contributed by atoms with E-state index in [9.17, 15) is 4.79 Å². The summed E-state index contributed by atoms with van der Waals surface area (Å²) in [5.41, 5.74) is 13.5. The van der Waals surface area contributed by atoms with Crippen LogP contribution in [0.15, 0.2) is 30.3 Å². The molecule has 2 aliphatic rings. The third kappa shape index (κ3) is 3.74. The molecule has 2 aliphatic heterocycles. The summed E-state index contributed by atoms with van der Waals surface area (Å²) in [6.45, 7) is 1.57. The molecule has 6 heteroatoms. The number of nitrogens with one attached hydrogen (secondary N) is 2. The van der Waals surface area contributed by atoms with E-state index in [4.69, 9.17) is 5.73 Å². The molecule has 2 saturated heterocycles. The fourth-order valence-electron chi connectivity index (χ4n) is 2.96. The third-order valence-electron chi connectivity index (χ3n) is 4.25. The first-order valence-corrected chi connectivity index (χ1v) is 7.34. The van der Waals surface area contributed by atoms with Crippen molar-refractivity contribution in [3.63, 3.8) is 0 Å². The molecule has 1 aromatic carbocycles. The minimum atomic E-state index is -0.130. The average Bonchev–Trinajstić information content (AvgIpc) is 2.98. The van der Waals surface area contributed by atoms with Crippen LogP contribution in [0.3, 0.4) is 0 Å². The van der Waals surface area contributed by atoms with Crippen LogP contribution in [0.25, 0.3) is 0 Å². The molecule has 116 valence electrons. The Morgan fingerprint density at radius 3 is 2.48 bits per heavy atom. The molecule has 0 bridgehead atoms. The topological polar surface area (TPSA) is 70.4 Å². The number of hydrogen-bond acceptors (Lipinski definition) is 4. The SMILES string of the molecule is Cl.NC1CCN(C(=O)C2CC(c3ccccc3)NN2)CC1. The second kappa shape index (κ2) is 7.22. The fraction of sp³-hybridized carbons (Fsp3) is 0.533. The molecular weight excluding hydrogens is 288 g/mol. The van der Waals surface area contributed by atoms with Gasteiger partial charge >= 0.3 is 0 Å². The molecular formula is C15H23ClN4O. The standard InChI is InChI=1S/C15H22N4O.ClH/c16-12-6-8-19(9-7-12)15(20)14-10-13(17-18-14)11-4-2-1-3-5-11;/h1-5,12-14,17-18H,6-10,16H2;1H. The molecule has 4 N–H and O–H groups in total. The number of hydrogen-bond donors (Lipinski definition) is 3. The second-order valence-electron chi connectivity index (χ2n) is 5.70. The van der Waals surface area contributed by atoms with E-state index in [-0.39, 0.29) is 36.4 Å². The van der Waals surface area contributed by atoms with E-state index in [1.54, 1.807) is 0 Å². The van der Waals surface area contributed by atoms with Crippen LogP contribution in [0.1, 0.15) is 30.9 Å². The largest absolute Gasteiger partial charge is 0.341 e. The van der Waals surface area contributed by atoms with Gasteiger partial charge < -0.3 is 10.6 Å². The van der Waals surface area contributed by atoms with Gasteiger partial charge in [0, 0.05) is 25.2 Å². The van der Waals surface area contributed by atoms with Crippen LogP contribution >= 0.6 is 12.4 Å². The van der Waals surface area contributed by atoms with Gasteiger partial charge in [0.15, 0.2) is 0 Å². The quantitative estimate of drug-likeness (QED) is 0.761. The Balaban J connectivity index is 0.00000161. The summed E-state index contributed by atoms with van der Waals surface area (Å²) in [4.78, 5) is 14.4. The predicted octanol–water partition coefficient (Wildman–Crippen LogP) is 0.966. The molecule has 0 saturated carbocycles. The minimum Gasteiger partial charge on any atom is -0.341 e. The van der Waals surface area contributed by atoms with Crippen molar-refractivity contribution in [2.75, 3.05) is 13.1 Å². The highest BCUT2D eigenvalue weighted by atomic mass is 35.5. The third-order valence-corrected chi connectivity index (χ3v) is 4.25. The lowest BCUT2D eigenvalue weighted by Crippen LogP contribution is -2.50. The number of carbonyl (C=O) groups excluding carboxylic acids is 1. The molecule has 0 spiro atoms. The van der Waals surface area contributed by atoms with E-state index >= 15 is 0 Å². The average molecular weight is 311 g/mol. The van der Waals surface area contributed by atoms with Gasteiger partial charge in [0.25, 0.3) is 0 Å². The van der Waals surface area contributed by atoms with Crippen molar-refractivity contribution in [1.82, 2.24) is 15.8 Å². The second-order valence-corrected chi connectivity index (χ2v) is 5.70. The van der Waals surface area contributed by atoms with Gasteiger partial charge in [-0.2, -0.15) is 0 Å². The zero-order chi connectivity index (χ0) is 13.9. The molecule has 0 aromatic heterocycles. The van der Waals surface area contributed by atoms with Crippen LogP contribution < -0.4 is 16.6 Å². The maximum Gasteiger partial charge on any atom is 0.241 e. The maximum atomic E-state index is 12.5. The van der Waals surface area contributed by atoms with E-state index in [0.29, 0.717) is 0 Å². The lowest BCUT2D eigenvalue weighted by atomic mass is 10.0. The summed E-state index contributed by atoms with van der Waals surface area (Å²) in [5.74, 6) is 0.197. The molecule has 2 unspecified atom stereocenters. The van der Waals surface area contributed by atoms with E-state index in [0.717, 1.165) is 32.4 Å². The Hall–Kier alpha value is -1.14. The van der Waals surface area contributed by atoms with Crippen molar-refractivity contribution < 1.29 is 4.79 Å². The zero-order valence-corrected chi connectivity index (χ0v) is 12.8. The van der Waals surface area contributed by atoms with Crippen molar-refractivity contribution in [3.05, 3.63) is 35.9 Å². The summed E-state index contributed by atoms with van der Waals surface area (Å²) in [5, 5.41) is 0. The summed E-state index contributed by atoms with van der Waals surface area (Å²) in [6, 6.07) is 10.6. The smallest absolute Gasteiger partial charge is 0.241 e. The molecule has 0 radical (unpaired) electrons. The Kier molecular flexibility index (Phi) is 5.58. The molecule has 0 aliphatic carbocycles. The van der Waals surface area contributed by atoms with Gasteiger partial charge in [-0.1, -0.05) is 30.3 Å². The maximum absolute atomic E-state index is 12.5. The number of rotatable bonds is 2. The van der Waals surface area contributed by atoms with Crippen LogP contribution in [0.2, 0.25) is 0 Å². The van der Waals surface area contributed by atoms with Crippen molar-refractivity contribution >= 4 is 18.3 Å². The Morgan fingerprint density at radius 2 is 1.81 bits per heavy atom. The number of nitrogens with two attached hydrogens (primary N) is 1. The van der Waals surface area contributed by atoms with Crippen LogP contribution in [0.5, 0.6) is 0 Å². The van der Waals surface area contributed by atoms with Gasteiger partial charge in [0.1, 0.15) is 6.04 Å². The zero-order valence-electron chi connectivity index (χ0n) is 12.0. The first kappa shape index (κ1) is 16.2. The number of halogens is 1. The Morgan fingerprint density at radius 1 is 1.14 bits per heavy atom. The summed E-state index contributed by atoms with van der Waals surface area (Å²) in [6.07, 6.45) is 2.62. The van der Waals surface area contributed by atoms with Crippen molar-refractivity contribution in [2.24, 2.45) is 5.73 Å². The van der Waals surface area contributed by atoms with Gasteiger partial charge in [-0.25, -0.2) is 10.9 Å². The first-order valence-electron chi connectivity index (χ1n) is 7.34. The normalized spacial score (nSPS) is 26.4. The molecule has 1 aromatic rings. The van der Waals surface area contributed by atoms with Crippen LogP contribution in [0, 0.1) is 0 Å². The number of carbonyl (C=O) groups is 1. The van der Waals surface area contributed by atoms with Crippen molar-refractivity contribution in [3.8, 4) is 0 Å². The molecule has 21 heavy (non-hydrogen) atoms. The molecule has 2 atom stereocenters. The Bertz CT molecular complexity index is 462. The lowest BCUT2D eigenvalue weighted by molar-refractivity contribution is -0.134. The number of amides is 1. The van der Waals surface area contributed by atoms with Crippen LogP contribution in [-0.4, -0.2) is 36.0 Å². The van der Waals surface area contributed by atoms with Gasteiger partial charge in [-0.15, -0.1) is 12.4 Å². The van der Waals surface area contributed by atoms with Gasteiger partial charge in [0.05, 0.1) is 0 Å². The summed E-state index contributed by atoms with van der Waals surface area (Å²) >= 11 is 0. The van der Waals surface area contributed by atoms with E-state index in [1.807, 2.05) is 23.1 Å². The van der Waals surface area contributed by atoms with E-state index in [2.05, 4.69) is 23.0 Å². The summed E-state index contributed by atoms with van der Waals surface area (Å²) < 4.78 is 0. The number of nitrogens with zero attached hydrogens (tertiary/aromatic N) is 1. The van der Waals surface area contributed by atoms with Crippen LogP contribution in [-0.2, 0) is 4.79 Å². The number of benzene rings is 1. The number of piperidine rings is 1. The monoisotopic (exact) mass is 310 g/mol. The van der Waals surface area contributed by atoms with Crippen molar-refractivity contribution in [1.29, 1.82) is 0 Å². The highest BCUT2D eigenvalue weighted by Gasteiger charge is 2.33. The van der Waals surface area contributed by atoms with E-state index < -0.39 is 0 Å². The lowest BCUT2D eigenvalue weighted by Gasteiger charge is -2.31. The molecule has 2 heterocycles. The van der Waals surface area contributed by atoms with Gasteiger partial charge in [-0.05, 0) is 24.8 Å². The highest BCUT2D eigenvalue weighted by Crippen LogP contribution is 2.23. The highest BCUT2D eigenvalue weighted by molar-refractivity contribution is 5.85. The molecule has 5 nitrogen and oxygen atoms in total. The molecule has 2 fully saturated rings. The van der Waals surface area contributed by atoms with Crippen molar-refractivity contribution in [2.45, 2.75) is 37.4 Å². The van der Waals surface area contributed by atoms with Gasteiger partial charge in [0.2, 0.25) is 5.91 Å². The van der Waals surface area contributed by atoms with Gasteiger partial charge in [-0.3, -0.25) is 4.79 Å². The molecule has 3 rings (SSSR count). The minimum absolute atomic E-state index is 0. The van der Waals surface area contributed by atoms with Crippen LogP contribution in [0.4, 0.5) is 0 Å². The predicted molar refractivity (Wildman–Crippen MR) is 84.9 cm³/mol. The fourth-order valence-corrected chi connectivity index (χ4v) is 2.96.